The fourth-order valence-corrected chi connectivity index (χ4v) is 3.86. The molecule has 0 aliphatic heterocycles. The number of carbonyl (C=O) groups excluding carboxylic acids is 1. The average molecular weight is 522 g/mol. The first-order chi connectivity index (χ1) is 14.9. The molecule has 0 fully saturated rings. The summed E-state index contributed by atoms with van der Waals surface area (Å²) < 4.78 is 17.3. The second-order valence-corrected chi connectivity index (χ2v) is 8.16. The highest BCUT2D eigenvalue weighted by atomic mass is 79.9. The molecule has 0 saturated heterocycles. The van der Waals surface area contributed by atoms with Crippen LogP contribution < -0.4 is 14.8 Å². The molecule has 1 N–H and O–H groups in total. The number of amides is 1. The van der Waals surface area contributed by atoms with Crippen molar-refractivity contribution < 1.29 is 18.7 Å². The summed E-state index contributed by atoms with van der Waals surface area (Å²) in [5.74, 6) is 1.21. The van der Waals surface area contributed by atoms with Crippen LogP contribution in [0.25, 0.3) is 22.6 Å². The van der Waals surface area contributed by atoms with E-state index in [1.54, 1.807) is 43.5 Å². The van der Waals surface area contributed by atoms with Crippen molar-refractivity contribution in [1.29, 1.82) is 0 Å². The zero-order chi connectivity index (χ0) is 22.0. The molecule has 4 rings (SSSR count). The number of fused-ring (bicyclic) bond motifs is 1. The highest BCUT2D eigenvalue weighted by Gasteiger charge is 2.12. The number of nitrogens with zero attached hydrogens (tertiary/aromatic N) is 1. The topological polar surface area (TPSA) is 73.6 Å². The van der Waals surface area contributed by atoms with Crippen LogP contribution in [0.5, 0.6) is 11.5 Å². The predicted octanol–water partition coefficient (Wildman–Crippen LogP) is 6.59. The maximum atomic E-state index is 12.3. The van der Waals surface area contributed by atoms with E-state index in [2.05, 4.69) is 26.2 Å². The third-order valence-corrected chi connectivity index (χ3v) is 5.47. The van der Waals surface area contributed by atoms with Crippen molar-refractivity contribution in [2.75, 3.05) is 19.0 Å². The Bertz CT molecular complexity index is 1280. The summed E-state index contributed by atoms with van der Waals surface area (Å²) in [4.78, 5) is 16.8. The molecule has 9 heteroatoms. The van der Waals surface area contributed by atoms with Crippen LogP contribution in [0.3, 0.4) is 0 Å². The lowest BCUT2D eigenvalue weighted by molar-refractivity contribution is -0.118. The smallest absolute Gasteiger partial charge is 0.262 e. The van der Waals surface area contributed by atoms with Gasteiger partial charge in [0, 0.05) is 16.3 Å². The fraction of sp³-hybridized carbons (Fsp3) is 0.0909. The van der Waals surface area contributed by atoms with E-state index in [4.69, 9.17) is 37.1 Å². The molecule has 1 aromatic heterocycles. The molecule has 0 radical (unpaired) electrons. The molecule has 1 heterocycles. The molecule has 4 aromatic rings. The van der Waals surface area contributed by atoms with Crippen LogP contribution in [0.15, 0.2) is 63.5 Å². The first-order valence-corrected chi connectivity index (χ1v) is 10.6. The molecule has 1 amide bonds. The van der Waals surface area contributed by atoms with E-state index in [1.807, 2.05) is 18.2 Å². The van der Waals surface area contributed by atoms with Crippen molar-refractivity contribution in [3.63, 3.8) is 0 Å². The number of rotatable bonds is 6. The maximum absolute atomic E-state index is 12.3. The van der Waals surface area contributed by atoms with Gasteiger partial charge in [-0.05, 0) is 70.5 Å². The Balaban J connectivity index is 1.46. The van der Waals surface area contributed by atoms with Crippen LogP contribution in [0.1, 0.15) is 0 Å². The molecule has 0 bridgehead atoms. The lowest BCUT2D eigenvalue weighted by atomic mass is 10.2. The molecular weight excluding hydrogens is 507 g/mol. The number of oxazole rings is 1. The van der Waals surface area contributed by atoms with Gasteiger partial charge in [-0.1, -0.05) is 23.2 Å². The number of carbonyl (C=O) groups is 1. The van der Waals surface area contributed by atoms with Gasteiger partial charge < -0.3 is 19.2 Å². The van der Waals surface area contributed by atoms with Crippen LogP contribution in [0, 0.1) is 0 Å². The summed E-state index contributed by atoms with van der Waals surface area (Å²) in [5.41, 5.74) is 2.58. The molecule has 0 unspecified atom stereocenters. The Labute approximate surface area is 196 Å². The number of anilines is 1. The predicted molar refractivity (Wildman–Crippen MR) is 124 cm³/mol. The van der Waals surface area contributed by atoms with E-state index in [0.717, 1.165) is 10.0 Å². The zero-order valence-corrected chi connectivity index (χ0v) is 19.2. The molecule has 6 nitrogen and oxygen atoms in total. The zero-order valence-electron chi connectivity index (χ0n) is 16.1. The van der Waals surface area contributed by atoms with Crippen LogP contribution in [-0.4, -0.2) is 24.6 Å². The number of nitrogens with one attached hydrogen (secondary N) is 1. The number of hydrogen-bond donors (Lipinski definition) is 1. The van der Waals surface area contributed by atoms with Crippen molar-refractivity contribution in [1.82, 2.24) is 4.98 Å². The van der Waals surface area contributed by atoms with E-state index < -0.39 is 0 Å². The van der Waals surface area contributed by atoms with Gasteiger partial charge in [-0.15, -0.1) is 0 Å². The molecule has 0 aliphatic carbocycles. The second kappa shape index (κ2) is 9.18. The van der Waals surface area contributed by atoms with Gasteiger partial charge in [0.05, 0.1) is 16.6 Å². The van der Waals surface area contributed by atoms with Crippen LogP contribution >= 0.6 is 39.1 Å². The molecule has 0 saturated carbocycles. The molecule has 0 atom stereocenters. The van der Waals surface area contributed by atoms with Crippen LogP contribution in [-0.2, 0) is 4.79 Å². The quantitative estimate of drug-likeness (QED) is 0.310. The summed E-state index contributed by atoms with van der Waals surface area (Å²) in [6.45, 7) is -0.205. The first-order valence-electron chi connectivity index (χ1n) is 9.05. The average Bonchev–Trinajstić information content (AvgIpc) is 3.16. The molecule has 3 aromatic carbocycles. The highest BCUT2D eigenvalue weighted by molar-refractivity contribution is 9.10. The van der Waals surface area contributed by atoms with E-state index in [9.17, 15) is 4.79 Å². The van der Waals surface area contributed by atoms with Gasteiger partial charge in [-0.3, -0.25) is 4.79 Å². The minimum Gasteiger partial charge on any atom is -0.496 e. The Hall–Kier alpha value is -2.74. The third-order valence-electron chi connectivity index (χ3n) is 4.32. The Morgan fingerprint density at radius 2 is 1.90 bits per heavy atom. The molecule has 0 spiro atoms. The van der Waals surface area contributed by atoms with Crippen molar-refractivity contribution >= 4 is 61.8 Å². The van der Waals surface area contributed by atoms with Gasteiger partial charge in [-0.25, -0.2) is 4.98 Å². The summed E-state index contributed by atoms with van der Waals surface area (Å²) in [7, 11) is 1.60. The largest absolute Gasteiger partial charge is 0.496 e. The fourth-order valence-electron chi connectivity index (χ4n) is 2.86. The van der Waals surface area contributed by atoms with Crippen molar-refractivity contribution in [3.8, 4) is 23.0 Å². The number of methoxy groups -OCH3 is 1. The van der Waals surface area contributed by atoms with E-state index in [1.165, 1.54) is 0 Å². The summed E-state index contributed by atoms with van der Waals surface area (Å²) in [5, 5.41) is 3.59. The number of ether oxygens (including phenoxy) is 2. The second-order valence-electron chi connectivity index (χ2n) is 6.46. The third kappa shape index (κ3) is 4.95. The minimum atomic E-state index is -0.340. The Kier molecular flexibility index (Phi) is 6.36. The van der Waals surface area contributed by atoms with Crippen LogP contribution in [0.4, 0.5) is 5.69 Å². The SMILES string of the molecule is COc1ccc(-c2nc3cc(NC(=O)COc4ccc(Cl)cc4Cl)ccc3o2)cc1Br. The van der Waals surface area contributed by atoms with Gasteiger partial charge in [-0.2, -0.15) is 0 Å². The van der Waals surface area contributed by atoms with Crippen molar-refractivity contribution in [2.45, 2.75) is 0 Å². The normalized spacial score (nSPS) is 10.8. The van der Waals surface area contributed by atoms with E-state index >= 15 is 0 Å². The first kappa shape index (κ1) is 21.5. The number of aromatic nitrogens is 1. The van der Waals surface area contributed by atoms with Gasteiger partial charge >= 0.3 is 0 Å². The lowest BCUT2D eigenvalue weighted by Crippen LogP contribution is -2.20. The van der Waals surface area contributed by atoms with E-state index in [-0.39, 0.29) is 12.5 Å². The highest BCUT2D eigenvalue weighted by Crippen LogP contribution is 2.32. The maximum Gasteiger partial charge on any atom is 0.262 e. The number of hydrogen-bond acceptors (Lipinski definition) is 5. The monoisotopic (exact) mass is 520 g/mol. The van der Waals surface area contributed by atoms with Gasteiger partial charge in [0.1, 0.15) is 17.0 Å². The molecular formula is C22H15BrCl2N2O4. The van der Waals surface area contributed by atoms with Crippen molar-refractivity contribution in [3.05, 3.63) is 69.1 Å². The standard InChI is InChI=1S/C22H15BrCl2N2O4/c1-29-18-5-2-12(8-15(18)23)22-27-17-10-14(4-7-20(17)31-22)26-21(28)11-30-19-6-3-13(24)9-16(19)25/h2-10H,11H2,1H3,(H,26,28). The Morgan fingerprint density at radius 1 is 1.10 bits per heavy atom. The molecule has 31 heavy (non-hydrogen) atoms. The summed E-state index contributed by atoms with van der Waals surface area (Å²) >= 11 is 15.4. The van der Waals surface area contributed by atoms with E-state index in [0.29, 0.717) is 44.2 Å². The van der Waals surface area contributed by atoms with Gasteiger partial charge in [0.25, 0.3) is 5.91 Å². The molecule has 158 valence electrons. The summed E-state index contributed by atoms with van der Waals surface area (Å²) in [6.07, 6.45) is 0. The van der Waals surface area contributed by atoms with Gasteiger partial charge in [0.2, 0.25) is 5.89 Å². The Morgan fingerprint density at radius 3 is 2.65 bits per heavy atom. The molecule has 0 aliphatic rings. The summed E-state index contributed by atoms with van der Waals surface area (Å²) in [6, 6.07) is 15.6. The lowest BCUT2D eigenvalue weighted by Gasteiger charge is -2.09. The number of halogens is 3. The van der Waals surface area contributed by atoms with Gasteiger partial charge in [0.15, 0.2) is 12.2 Å². The van der Waals surface area contributed by atoms with Crippen LogP contribution in [0.2, 0.25) is 10.0 Å². The minimum absolute atomic E-state index is 0.205. The number of benzene rings is 3. The van der Waals surface area contributed by atoms with Crippen molar-refractivity contribution in [2.24, 2.45) is 0 Å².